The summed E-state index contributed by atoms with van der Waals surface area (Å²) in [6.45, 7) is 7.32. The van der Waals surface area contributed by atoms with E-state index in [1.165, 1.54) is 70.9 Å². The fourth-order valence-corrected chi connectivity index (χ4v) is 21.4. The molecule has 29 nitrogen and oxygen atoms in total. The topological polar surface area (TPSA) is 291 Å². The van der Waals surface area contributed by atoms with Gasteiger partial charge in [-0.3, -0.25) is 4.79 Å². The van der Waals surface area contributed by atoms with Crippen molar-refractivity contribution in [3.63, 3.8) is 0 Å². The second-order valence-electron chi connectivity index (χ2n) is 31.4. The highest BCUT2D eigenvalue weighted by Gasteiger charge is 2.62. The van der Waals surface area contributed by atoms with Gasteiger partial charge in [0.05, 0.1) is 60.5 Å². The molecule has 123 heavy (non-hydrogen) atoms. The van der Waals surface area contributed by atoms with E-state index in [0.717, 1.165) is 27.1 Å². The third-order valence-electron chi connectivity index (χ3n) is 22.8. The monoisotopic (exact) mass is 1730 g/mol. The average Bonchev–Trinajstić information content (AvgIpc) is 0.757. The summed E-state index contributed by atoms with van der Waals surface area (Å²) in [6.07, 6.45) is -32.2. The maximum absolute atomic E-state index is 15.0. The van der Waals surface area contributed by atoms with Crippen LogP contribution >= 0.6 is 0 Å². The zero-order valence-electron chi connectivity index (χ0n) is 72.1. The second-order valence-corrected chi connectivity index (χ2v) is 35.7. The Labute approximate surface area is 720 Å². The first-order valence-corrected chi connectivity index (χ1v) is 43.2. The van der Waals surface area contributed by atoms with Crippen molar-refractivity contribution in [2.75, 3.05) is 90.9 Å². The van der Waals surface area contributed by atoms with Gasteiger partial charge in [-0.15, -0.1) is 0 Å². The van der Waals surface area contributed by atoms with Gasteiger partial charge in [0, 0.05) is 63.8 Å². The Balaban J connectivity index is 0.890. The molecule has 12 rings (SSSR count). The van der Waals surface area contributed by atoms with Crippen LogP contribution in [0, 0.1) is 0 Å². The van der Waals surface area contributed by atoms with Gasteiger partial charge in [-0.2, -0.15) is 0 Å². The van der Waals surface area contributed by atoms with Crippen molar-refractivity contribution in [2.45, 2.75) is 219 Å². The number of hydrogen-bond donors (Lipinski definition) is 0. The van der Waals surface area contributed by atoms with E-state index < -0.39 is 191 Å². The third kappa shape index (κ3) is 23.0. The number of carbonyl (C=O) groups excluding carboxylic acids is 3. The Hall–Kier alpha value is -7.75. The highest BCUT2D eigenvalue weighted by molar-refractivity contribution is 6.99. The lowest BCUT2D eigenvalue weighted by Crippen LogP contribution is -2.70. The van der Waals surface area contributed by atoms with E-state index in [-0.39, 0.29) is 46.2 Å². The van der Waals surface area contributed by atoms with E-state index in [4.69, 9.17) is 123 Å². The SMILES string of the molecule is COC(=O)C1O[C@@H](O[C@@H]2C(COC(C)=O)O[C@H](OC3C(OC)[C@H](OC)C(O[C@@H]4C(COCc5ccccc5)O[C@H](OC)C(OCc5ccccc5)C4OCc4ccccc4)O[C@H]3C(=O)OC)C(OCc3ccccc3)C2OCc2ccccc2)C(OC)C(OC)[C@@H]1O[C@H]1OC(CO[Si](c2ccccc2)(c2ccccc2)C(C)(C)C)[C@@H](OC)C(OC)C1OC. The second kappa shape index (κ2) is 46.1. The predicted octanol–water partition coefficient (Wildman–Crippen LogP) is 8.95. The summed E-state index contributed by atoms with van der Waals surface area (Å²) in [7, 11) is 10.9. The van der Waals surface area contributed by atoms with Gasteiger partial charge >= 0.3 is 17.9 Å². The van der Waals surface area contributed by atoms with Crippen LogP contribution in [0.5, 0.6) is 0 Å². The van der Waals surface area contributed by atoms with Crippen molar-refractivity contribution in [1.29, 1.82) is 0 Å². The Morgan fingerprint density at radius 1 is 0.301 bits per heavy atom. The lowest BCUT2D eigenvalue weighted by Gasteiger charge is -2.52. The molecule has 0 saturated carbocycles. The molecule has 0 aliphatic carbocycles. The summed E-state index contributed by atoms with van der Waals surface area (Å²) >= 11 is 0. The largest absolute Gasteiger partial charge is 0.467 e. The predicted molar refractivity (Wildman–Crippen MR) is 446 cm³/mol. The van der Waals surface area contributed by atoms with Gasteiger partial charge in [-0.05, 0) is 43.2 Å². The third-order valence-corrected chi connectivity index (χ3v) is 27.8. The van der Waals surface area contributed by atoms with Gasteiger partial charge in [0.25, 0.3) is 8.32 Å². The molecule has 0 amide bonds. The van der Waals surface area contributed by atoms with Crippen LogP contribution in [0.4, 0.5) is 0 Å². The first kappa shape index (κ1) is 94.4. The smallest absolute Gasteiger partial charge is 0.337 e. The summed E-state index contributed by atoms with van der Waals surface area (Å²) in [5.41, 5.74) is 4.02. The Morgan fingerprint density at radius 2 is 0.593 bits per heavy atom. The van der Waals surface area contributed by atoms with E-state index in [2.05, 4.69) is 45.0 Å². The van der Waals surface area contributed by atoms with Gasteiger partial charge in [0.2, 0.25) is 0 Å². The molecule has 668 valence electrons. The molecule has 7 aromatic carbocycles. The fourth-order valence-electron chi connectivity index (χ4n) is 16.8. The van der Waals surface area contributed by atoms with Crippen LogP contribution in [0.25, 0.3) is 0 Å². The lowest BCUT2D eigenvalue weighted by atomic mass is 9.94. The summed E-state index contributed by atoms with van der Waals surface area (Å²) in [6, 6.07) is 67.8. The minimum atomic E-state index is -3.22. The van der Waals surface area contributed by atoms with Crippen LogP contribution in [0.1, 0.15) is 55.5 Å². The Kier molecular flexibility index (Phi) is 35.4. The minimum Gasteiger partial charge on any atom is -0.467 e. The van der Waals surface area contributed by atoms with Gasteiger partial charge < -0.3 is 123 Å². The highest BCUT2D eigenvalue weighted by atomic mass is 28.4. The summed E-state index contributed by atoms with van der Waals surface area (Å²) in [4.78, 5) is 43.2. The molecule has 0 spiro atoms. The molecule has 5 saturated heterocycles. The maximum Gasteiger partial charge on any atom is 0.337 e. The molecule has 0 aromatic heterocycles. The van der Waals surface area contributed by atoms with Gasteiger partial charge in [-0.1, -0.05) is 233 Å². The van der Waals surface area contributed by atoms with E-state index in [1.807, 2.05) is 188 Å². The van der Waals surface area contributed by atoms with Crippen molar-refractivity contribution in [1.82, 2.24) is 0 Å². The van der Waals surface area contributed by atoms with E-state index in [1.54, 1.807) is 7.11 Å². The fraction of sp³-hybridized carbons (Fsp3) is 0.516. The molecule has 5 aliphatic rings. The van der Waals surface area contributed by atoms with Crippen LogP contribution in [-0.4, -0.2) is 271 Å². The minimum absolute atomic E-state index is 0.0160. The number of rotatable bonds is 41. The molecule has 7 aromatic rings. The van der Waals surface area contributed by atoms with Crippen molar-refractivity contribution in [3.05, 3.63) is 240 Å². The molecule has 30 heteroatoms. The molecular formula is C93H118O29Si. The molecule has 5 heterocycles. The normalized spacial score (nSPS) is 30.6. The molecule has 5 fully saturated rings. The Bertz CT molecular complexity index is 4210. The van der Waals surface area contributed by atoms with Gasteiger partial charge in [0.15, 0.2) is 43.7 Å². The molecule has 0 radical (unpaired) electrons. The van der Waals surface area contributed by atoms with Crippen LogP contribution < -0.4 is 10.4 Å². The summed E-state index contributed by atoms with van der Waals surface area (Å²) < 4.78 is 174. The zero-order chi connectivity index (χ0) is 87.0. The van der Waals surface area contributed by atoms with Crippen LogP contribution in [0.15, 0.2) is 212 Å². The summed E-state index contributed by atoms with van der Waals surface area (Å²) in [5.74, 6) is -2.55. The van der Waals surface area contributed by atoms with Gasteiger partial charge in [-0.25, -0.2) is 9.59 Å². The first-order chi connectivity index (χ1) is 59.8. The Morgan fingerprint density at radius 3 is 0.935 bits per heavy atom. The number of ether oxygens (including phenoxy) is 25. The molecular weight excluding hydrogens is 1610 g/mol. The number of benzene rings is 7. The van der Waals surface area contributed by atoms with Gasteiger partial charge in [0.1, 0.15) is 116 Å². The van der Waals surface area contributed by atoms with Crippen molar-refractivity contribution in [2.24, 2.45) is 0 Å². The molecule has 0 bridgehead atoms. The van der Waals surface area contributed by atoms with Crippen LogP contribution in [-0.2, 0) is 170 Å². The molecule has 25 atom stereocenters. The van der Waals surface area contributed by atoms with E-state index >= 15 is 4.79 Å². The first-order valence-electron chi connectivity index (χ1n) is 41.3. The molecule has 15 unspecified atom stereocenters. The lowest BCUT2D eigenvalue weighted by molar-refractivity contribution is -0.398. The average molecular weight is 1730 g/mol. The number of esters is 3. The standard InChI is InChI=1S/C93H118O29Si/c1-58(94)108-56-67-71(118-91-82(102-10)73(99-7)77(79(121-91)86(95)104-12)119-89-81(101-9)72(98-6)69(97-5)68(116-89)57-113-123(93(2,3)4,64-46-32-20-33-47-64)65-48-34-21-35-49-65)76(110-52-61-40-26-17-27-41-61)85(112-54-63-44-30-19-31-45-63)92(115-67)120-78-74(100-8)83(103-11)90(122-80(78)87(96)105-13)117-70-66(55-107-50-59-36-22-15-23-37-59)114-88(106-14)84(111-53-62-42-28-18-29-43-62)75(70)109-51-60-38-24-16-25-39-60/h15-49,66-85,88-92H,50-57H2,1-14H3/t66?,67?,68?,69-,70-,71-,72?,73?,74?,75?,76?,77+,78?,79?,80-,81?,82?,83+,84?,85?,88+,89-,90?,91-,92-/m1/s1. The molecule has 5 aliphatic heterocycles. The summed E-state index contributed by atoms with van der Waals surface area (Å²) in [5, 5.41) is 1.64. The quantitative estimate of drug-likeness (QED) is 0.0196. The van der Waals surface area contributed by atoms with Crippen LogP contribution in [0.2, 0.25) is 5.04 Å². The molecule has 0 N–H and O–H groups in total. The van der Waals surface area contributed by atoms with E-state index in [0.29, 0.717) is 11.1 Å². The van der Waals surface area contributed by atoms with Crippen molar-refractivity contribution < 1.29 is 137 Å². The number of hydrogen-bond acceptors (Lipinski definition) is 29. The van der Waals surface area contributed by atoms with Crippen LogP contribution in [0.3, 0.4) is 0 Å². The zero-order valence-corrected chi connectivity index (χ0v) is 73.1. The number of methoxy groups -OCH3 is 10. The highest BCUT2D eigenvalue weighted by Crippen LogP contribution is 2.43. The van der Waals surface area contributed by atoms with Crippen molar-refractivity contribution in [3.8, 4) is 0 Å². The number of carbonyl (C=O) groups is 3. The maximum atomic E-state index is 15.0. The van der Waals surface area contributed by atoms with Crippen molar-refractivity contribution >= 4 is 36.6 Å². The van der Waals surface area contributed by atoms with E-state index in [9.17, 15) is 9.59 Å².